The first-order valence-electron chi connectivity index (χ1n) is 11.1. The normalized spacial score (nSPS) is 26.3. The number of likely N-dealkylation sites (tertiary alicyclic amines) is 2. The lowest BCUT2D eigenvalue weighted by Gasteiger charge is -2.42. The molecule has 7 nitrogen and oxygen atoms in total. The molecule has 3 aliphatic rings. The number of aromatic nitrogens is 2. The maximum Gasteiger partial charge on any atom is 0.240 e. The molecule has 1 atom stereocenters. The largest absolute Gasteiger partial charge is 0.381 e. The van der Waals surface area contributed by atoms with Crippen LogP contribution in [-0.2, 0) is 16.1 Å². The van der Waals surface area contributed by atoms with Crippen molar-refractivity contribution in [2.45, 2.75) is 70.9 Å². The van der Waals surface area contributed by atoms with Crippen molar-refractivity contribution >= 4 is 5.91 Å². The molecule has 0 N–H and O–H groups in total. The molecule has 1 amide bonds. The van der Waals surface area contributed by atoms with Crippen molar-refractivity contribution in [3.05, 3.63) is 11.7 Å². The Balaban J connectivity index is 1.36. The van der Waals surface area contributed by atoms with Crippen molar-refractivity contribution in [1.29, 1.82) is 0 Å². The van der Waals surface area contributed by atoms with Gasteiger partial charge < -0.3 is 14.2 Å². The molecule has 0 spiro atoms. The van der Waals surface area contributed by atoms with Crippen molar-refractivity contribution in [3.63, 3.8) is 0 Å². The predicted molar refractivity (Wildman–Crippen MR) is 105 cm³/mol. The summed E-state index contributed by atoms with van der Waals surface area (Å²) in [6, 6.07) is 0.422. The van der Waals surface area contributed by atoms with Gasteiger partial charge in [-0.05, 0) is 64.5 Å². The predicted octanol–water partition coefficient (Wildman–Crippen LogP) is 2.79. The average Bonchev–Trinajstić information content (AvgIpc) is 2.99. The number of carbonyl (C=O) groups excluding carboxylic acids is 1. The summed E-state index contributed by atoms with van der Waals surface area (Å²) in [4.78, 5) is 22.3. The van der Waals surface area contributed by atoms with Gasteiger partial charge in [0.2, 0.25) is 11.8 Å². The zero-order valence-corrected chi connectivity index (χ0v) is 17.1. The monoisotopic (exact) mass is 390 g/mol. The van der Waals surface area contributed by atoms with Crippen molar-refractivity contribution in [2.24, 2.45) is 11.8 Å². The Labute approximate surface area is 167 Å². The summed E-state index contributed by atoms with van der Waals surface area (Å²) in [7, 11) is 0. The molecule has 4 rings (SSSR count). The molecule has 7 heteroatoms. The Morgan fingerprint density at radius 2 is 1.82 bits per heavy atom. The molecule has 0 bridgehead atoms. The van der Waals surface area contributed by atoms with E-state index in [-0.39, 0.29) is 5.92 Å². The molecular formula is C21H34N4O3. The van der Waals surface area contributed by atoms with Crippen LogP contribution in [-0.4, -0.2) is 64.7 Å². The van der Waals surface area contributed by atoms with Gasteiger partial charge in [0.25, 0.3) is 0 Å². The van der Waals surface area contributed by atoms with E-state index in [4.69, 9.17) is 9.26 Å². The van der Waals surface area contributed by atoms with Crippen molar-refractivity contribution in [1.82, 2.24) is 19.9 Å². The fourth-order valence-corrected chi connectivity index (χ4v) is 5.17. The van der Waals surface area contributed by atoms with Crippen LogP contribution in [0.1, 0.15) is 63.1 Å². The van der Waals surface area contributed by atoms with Crippen LogP contribution in [0.2, 0.25) is 0 Å². The van der Waals surface area contributed by atoms with Gasteiger partial charge in [0.15, 0.2) is 5.82 Å². The minimum atomic E-state index is 0.176. The summed E-state index contributed by atoms with van der Waals surface area (Å²) in [5, 5.41) is 3.89. The highest BCUT2D eigenvalue weighted by molar-refractivity contribution is 5.79. The third-order valence-electron chi connectivity index (χ3n) is 6.76. The number of hydrogen-bond acceptors (Lipinski definition) is 6. The van der Waals surface area contributed by atoms with E-state index in [1.807, 2.05) is 6.92 Å². The van der Waals surface area contributed by atoms with E-state index in [2.05, 4.69) is 19.9 Å². The first kappa shape index (κ1) is 19.8. The highest BCUT2D eigenvalue weighted by Gasteiger charge is 2.36. The van der Waals surface area contributed by atoms with Gasteiger partial charge in [-0.1, -0.05) is 18.0 Å². The molecule has 3 saturated heterocycles. The molecular weight excluding hydrogens is 356 g/mol. The number of carbonyl (C=O) groups is 1. The van der Waals surface area contributed by atoms with Crippen LogP contribution in [0, 0.1) is 18.8 Å². The second-order valence-corrected chi connectivity index (χ2v) is 8.68. The van der Waals surface area contributed by atoms with E-state index >= 15 is 0 Å². The summed E-state index contributed by atoms with van der Waals surface area (Å²) >= 11 is 0. The molecule has 3 aliphatic heterocycles. The Kier molecular flexibility index (Phi) is 6.62. The molecule has 0 aromatic carbocycles. The molecule has 0 unspecified atom stereocenters. The topological polar surface area (TPSA) is 71.7 Å². The minimum Gasteiger partial charge on any atom is -0.381 e. The molecule has 0 radical (unpaired) electrons. The second kappa shape index (κ2) is 9.35. The van der Waals surface area contributed by atoms with E-state index in [0.29, 0.717) is 29.6 Å². The summed E-state index contributed by atoms with van der Waals surface area (Å²) in [6.45, 7) is 7.11. The SMILES string of the molecule is Cc1noc(CN2CCC([C@H]3CCCCCN3C(=O)C3CCOCC3)CC2)n1. The van der Waals surface area contributed by atoms with E-state index in [1.165, 1.54) is 19.3 Å². The smallest absolute Gasteiger partial charge is 0.240 e. The number of rotatable bonds is 4. The lowest BCUT2D eigenvalue weighted by atomic mass is 9.85. The molecule has 1 aromatic rings. The number of ether oxygens (including phenoxy) is 1. The maximum absolute atomic E-state index is 13.3. The van der Waals surface area contributed by atoms with Crippen molar-refractivity contribution in [2.75, 3.05) is 32.8 Å². The highest BCUT2D eigenvalue weighted by Crippen LogP contribution is 2.32. The highest BCUT2D eigenvalue weighted by atomic mass is 16.5. The summed E-state index contributed by atoms with van der Waals surface area (Å²) < 4.78 is 10.8. The van der Waals surface area contributed by atoms with Gasteiger partial charge in [0.1, 0.15) is 0 Å². The van der Waals surface area contributed by atoms with Crippen LogP contribution in [0.15, 0.2) is 4.52 Å². The number of aryl methyl sites for hydroxylation is 1. The van der Waals surface area contributed by atoms with E-state index in [0.717, 1.165) is 71.5 Å². The molecule has 156 valence electrons. The number of nitrogens with zero attached hydrogens (tertiary/aromatic N) is 4. The molecule has 0 aliphatic carbocycles. The second-order valence-electron chi connectivity index (χ2n) is 8.68. The molecule has 1 aromatic heterocycles. The summed E-state index contributed by atoms with van der Waals surface area (Å²) in [5.41, 5.74) is 0. The number of hydrogen-bond donors (Lipinski definition) is 0. The number of piperidine rings is 1. The first-order chi connectivity index (χ1) is 13.7. The third kappa shape index (κ3) is 4.74. The molecule has 3 fully saturated rings. The zero-order valence-electron chi connectivity index (χ0n) is 17.1. The molecule has 0 saturated carbocycles. The Bertz CT molecular complexity index is 635. The van der Waals surface area contributed by atoms with Gasteiger partial charge in [-0.2, -0.15) is 4.98 Å². The molecule has 4 heterocycles. The molecule has 28 heavy (non-hydrogen) atoms. The van der Waals surface area contributed by atoms with Gasteiger partial charge in [-0.25, -0.2) is 0 Å². The van der Waals surface area contributed by atoms with Gasteiger partial charge in [0, 0.05) is 31.7 Å². The lowest BCUT2D eigenvalue weighted by molar-refractivity contribution is -0.142. The van der Waals surface area contributed by atoms with E-state index in [1.54, 1.807) is 0 Å². The van der Waals surface area contributed by atoms with Crippen molar-refractivity contribution in [3.8, 4) is 0 Å². The number of amides is 1. The zero-order chi connectivity index (χ0) is 19.3. The van der Waals surface area contributed by atoms with Gasteiger partial charge in [-0.3, -0.25) is 9.69 Å². The van der Waals surface area contributed by atoms with Crippen LogP contribution in [0.5, 0.6) is 0 Å². The van der Waals surface area contributed by atoms with Crippen molar-refractivity contribution < 1.29 is 14.1 Å². The minimum absolute atomic E-state index is 0.176. The van der Waals surface area contributed by atoms with Gasteiger partial charge >= 0.3 is 0 Å². The average molecular weight is 391 g/mol. The quantitative estimate of drug-likeness (QED) is 0.787. The Morgan fingerprint density at radius 1 is 1.04 bits per heavy atom. The fourth-order valence-electron chi connectivity index (χ4n) is 5.17. The standard InChI is InChI=1S/C21H34N4O3/c1-16-22-20(28-23-16)15-24-11-6-17(7-12-24)19-5-3-2-4-10-25(19)21(26)18-8-13-27-14-9-18/h17-19H,2-15H2,1H3/t19-/m1/s1. The third-order valence-corrected chi connectivity index (χ3v) is 6.76. The van der Waals surface area contributed by atoms with Crippen LogP contribution >= 0.6 is 0 Å². The Hall–Kier alpha value is -1.47. The lowest BCUT2D eigenvalue weighted by Crippen LogP contribution is -2.50. The fraction of sp³-hybridized carbons (Fsp3) is 0.857. The summed E-state index contributed by atoms with van der Waals surface area (Å²) in [6.07, 6.45) is 8.91. The first-order valence-corrected chi connectivity index (χ1v) is 11.1. The van der Waals surface area contributed by atoms with E-state index in [9.17, 15) is 4.79 Å². The van der Waals surface area contributed by atoms with Crippen LogP contribution in [0.3, 0.4) is 0 Å². The van der Waals surface area contributed by atoms with Gasteiger partial charge in [-0.15, -0.1) is 0 Å². The van der Waals surface area contributed by atoms with Crippen LogP contribution in [0.4, 0.5) is 0 Å². The summed E-state index contributed by atoms with van der Waals surface area (Å²) in [5.74, 6) is 2.60. The maximum atomic E-state index is 13.3. The Morgan fingerprint density at radius 3 is 2.54 bits per heavy atom. The van der Waals surface area contributed by atoms with Gasteiger partial charge in [0.05, 0.1) is 6.54 Å². The van der Waals surface area contributed by atoms with Crippen LogP contribution in [0.25, 0.3) is 0 Å². The van der Waals surface area contributed by atoms with E-state index < -0.39 is 0 Å². The van der Waals surface area contributed by atoms with Crippen LogP contribution < -0.4 is 0 Å².